The molecule has 112 valence electrons. The molecule has 1 heterocycles. The van der Waals surface area contributed by atoms with Crippen LogP contribution in [0.4, 0.5) is 0 Å². The zero-order valence-electron chi connectivity index (χ0n) is 11.8. The molecule has 0 aliphatic rings. The molecular formula is C14H16N2O5. The van der Waals surface area contributed by atoms with Crippen molar-refractivity contribution >= 4 is 5.97 Å². The van der Waals surface area contributed by atoms with Crippen molar-refractivity contribution in [2.24, 2.45) is 0 Å². The number of hydrogen-bond acceptors (Lipinski definition) is 6. The zero-order chi connectivity index (χ0) is 15.2. The van der Waals surface area contributed by atoms with E-state index >= 15 is 0 Å². The molecule has 2 aromatic rings. The molecule has 0 saturated carbocycles. The first-order chi connectivity index (χ1) is 10.1. The number of carbonyl (C=O) groups is 1. The van der Waals surface area contributed by atoms with Crippen molar-refractivity contribution in [2.45, 2.75) is 19.3 Å². The maximum Gasteiger partial charge on any atom is 0.303 e. The Kier molecular flexibility index (Phi) is 4.76. The van der Waals surface area contributed by atoms with Crippen molar-refractivity contribution in [3.05, 3.63) is 24.1 Å². The molecule has 0 amide bonds. The van der Waals surface area contributed by atoms with Gasteiger partial charge in [0.1, 0.15) is 11.5 Å². The van der Waals surface area contributed by atoms with E-state index in [1.165, 1.54) is 0 Å². The maximum absolute atomic E-state index is 10.5. The number of ether oxygens (including phenoxy) is 2. The largest absolute Gasteiger partial charge is 0.497 e. The number of carboxylic acid groups (broad SMARTS) is 1. The van der Waals surface area contributed by atoms with E-state index in [4.69, 9.17) is 19.0 Å². The molecule has 2 rings (SSSR count). The Morgan fingerprint density at radius 3 is 2.43 bits per heavy atom. The van der Waals surface area contributed by atoms with E-state index < -0.39 is 5.97 Å². The number of carboxylic acids is 1. The van der Waals surface area contributed by atoms with Crippen LogP contribution < -0.4 is 9.47 Å². The molecule has 0 unspecified atom stereocenters. The molecule has 1 aromatic heterocycles. The van der Waals surface area contributed by atoms with Crippen molar-refractivity contribution in [2.75, 3.05) is 14.2 Å². The first-order valence-electron chi connectivity index (χ1n) is 6.40. The number of aryl methyl sites for hydroxylation is 1. The first kappa shape index (κ1) is 14.8. The van der Waals surface area contributed by atoms with Gasteiger partial charge in [0.25, 0.3) is 0 Å². The molecule has 0 spiro atoms. The Bertz CT molecular complexity index is 601. The molecule has 21 heavy (non-hydrogen) atoms. The van der Waals surface area contributed by atoms with Crippen molar-refractivity contribution < 1.29 is 23.8 Å². The summed E-state index contributed by atoms with van der Waals surface area (Å²) in [5.41, 5.74) is 0.684. The van der Waals surface area contributed by atoms with Crippen LogP contribution in [0.15, 0.2) is 22.6 Å². The molecular weight excluding hydrogens is 276 g/mol. The summed E-state index contributed by atoms with van der Waals surface area (Å²) >= 11 is 0. The lowest BCUT2D eigenvalue weighted by molar-refractivity contribution is -0.137. The van der Waals surface area contributed by atoms with Crippen LogP contribution in [0.2, 0.25) is 0 Å². The minimum atomic E-state index is -0.840. The second kappa shape index (κ2) is 6.74. The molecule has 0 fully saturated rings. The van der Waals surface area contributed by atoms with Gasteiger partial charge in [0.05, 0.1) is 14.2 Å². The van der Waals surface area contributed by atoms with Crippen molar-refractivity contribution in [3.8, 4) is 23.0 Å². The minimum Gasteiger partial charge on any atom is -0.497 e. The van der Waals surface area contributed by atoms with Gasteiger partial charge < -0.3 is 19.0 Å². The molecule has 0 saturated heterocycles. The lowest BCUT2D eigenvalue weighted by atomic mass is 10.2. The SMILES string of the molecule is COc1cc(OC)cc(-c2nnc(CCCC(=O)O)o2)c1. The van der Waals surface area contributed by atoms with E-state index in [0.717, 1.165) is 0 Å². The Morgan fingerprint density at radius 2 is 1.86 bits per heavy atom. The number of hydrogen-bond donors (Lipinski definition) is 1. The van der Waals surface area contributed by atoms with Crippen molar-refractivity contribution in [3.63, 3.8) is 0 Å². The molecule has 0 aliphatic heterocycles. The fourth-order valence-electron chi connectivity index (χ4n) is 1.79. The van der Waals surface area contributed by atoms with Crippen molar-refractivity contribution in [1.29, 1.82) is 0 Å². The average molecular weight is 292 g/mol. The zero-order valence-corrected chi connectivity index (χ0v) is 11.8. The van der Waals surface area contributed by atoms with Gasteiger partial charge in [-0.2, -0.15) is 0 Å². The Morgan fingerprint density at radius 1 is 1.19 bits per heavy atom. The lowest BCUT2D eigenvalue weighted by Crippen LogP contribution is -1.95. The van der Waals surface area contributed by atoms with Crippen LogP contribution in [-0.2, 0) is 11.2 Å². The van der Waals surface area contributed by atoms with Gasteiger partial charge in [-0.05, 0) is 18.6 Å². The molecule has 7 nitrogen and oxygen atoms in total. The summed E-state index contributed by atoms with van der Waals surface area (Å²) in [6.45, 7) is 0. The second-order valence-corrected chi connectivity index (χ2v) is 4.35. The van der Waals surface area contributed by atoms with E-state index in [1.54, 1.807) is 32.4 Å². The predicted octanol–water partition coefficient (Wildman–Crippen LogP) is 2.16. The summed E-state index contributed by atoms with van der Waals surface area (Å²) in [5, 5.41) is 16.5. The van der Waals surface area contributed by atoms with Crippen LogP contribution in [0.5, 0.6) is 11.5 Å². The van der Waals surface area contributed by atoms with E-state index in [-0.39, 0.29) is 6.42 Å². The highest BCUT2D eigenvalue weighted by molar-refractivity contribution is 5.66. The highest BCUT2D eigenvalue weighted by atomic mass is 16.5. The van der Waals surface area contributed by atoms with Gasteiger partial charge in [-0.15, -0.1) is 10.2 Å². The summed E-state index contributed by atoms with van der Waals surface area (Å²) in [7, 11) is 3.12. The van der Waals surface area contributed by atoms with Crippen molar-refractivity contribution in [1.82, 2.24) is 10.2 Å². The Labute approximate surface area is 121 Å². The number of aromatic nitrogens is 2. The highest BCUT2D eigenvalue weighted by Crippen LogP contribution is 2.29. The number of nitrogens with zero attached hydrogens (tertiary/aromatic N) is 2. The number of aliphatic carboxylic acids is 1. The predicted molar refractivity (Wildman–Crippen MR) is 73.4 cm³/mol. The van der Waals surface area contributed by atoms with E-state index in [2.05, 4.69) is 10.2 Å². The molecule has 0 radical (unpaired) electrons. The number of rotatable bonds is 7. The van der Waals surface area contributed by atoms with Gasteiger partial charge in [-0.3, -0.25) is 4.79 Å². The quantitative estimate of drug-likeness (QED) is 0.835. The lowest BCUT2D eigenvalue weighted by Gasteiger charge is -2.05. The fraction of sp³-hybridized carbons (Fsp3) is 0.357. The van der Waals surface area contributed by atoms with Crippen LogP contribution in [0.1, 0.15) is 18.7 Å². The van der Waals surface area contributed by atoms with Gasteiger partial charge in [-0.1, -0.05) is 0 Å². The summed E-state index contributed by atoms with van der Waals surface area (Å²) in [5.74, 6) is 1.16. The summed E-state index contributed by atoms with van der Waals surface area (Å²) < 4.78 is 15.9. The Hall–Kier alpha value is -2.57. The monoisotopic (exact) mass is 292 g/mol. The van der Waals surface area contributed by atoms with Gasteiger partial charge in [0.2, 0.25) is 11.8 Å². The average Bonchev–Trinajstić information content (AvgIpc) is 2.95. The molecule has 0 atom stereocenters. The van der Waals surface area contributed by atoms with Crippen LogP contribution in [0.25, 0.3) is 11.5 Å². The molecule has 1 aromatic carbocycles. The molecule has 1 N–H and O–H groups in total. The van der Waals surface area contributed by atoms with Crippen LogP contribution in [0, 0.1) is 0 Å². The van der Waals surface area contributed by atoms with Gasteiger partial charge in [-0.25, -0.2) is 0 Å². The minimum absolute atomic E-state index is 0.0741. The second-order valence-electron chi connectivity index (χ2n) is 4.35. The molecule has 7 heteroatoms. The third-order valence-corrected chi connectivity index (χ3v) is 2.85. The number of benzene rings is 1. The maximum atomic E-state index is 10.5. The van der Waals surface area contributed by atoms with E-state index in [0.29, 0.717) is 41.7 Å². The Balaban J connectivity index is 2.15. The van der Waals surface area contributed by atoms with Gasteiger partial charge >= 0.3 is 5.97 Å². The molecule has 0 aliphatic carbocycles. The smallest absolute Gasteiger partial charge is 0.303 e. The third-order valence-electron chi connectivity index (χ3n) is 2.85. The topological polar surface area (TPSA) is 94.7 Å². The van der Waals surface area contributed by atoms with Gasteiger partial charge in [0.15, 0.2) is 0 Å². The molecule has 0 bridgehead atoms. The van der Waals surface area contributed by atoms with Crippen LogP contribution in [-0.4, -0.2) is 35.5 Å². The third kappa shape index (κ3) is 3.95. The van der Waals surface area contributed by atoms with E-state index in [9.17, 15) is 4.79 Å². The highest BCUT2D eigenvalue weighted by Gasteiger charge is 2.12. The van der Waals surface area contributed by atoms with Crippen LogP contribution >= 0.6 is 0 Å². The fourth-order valence-corrected chi connectivity index (χ4v) is 1.79. The standard InChI is InChI=1S/C14H16N2O5/c1-19-10-6-9(7-11(8-10)20-2)14-16-15-12(21-14)4-3-5-13(17)18/h6-8H,3-5H2,1-2H3,(H,17,18). The van der Waals surface area contributed by atoms with Gasteiger partial charge in [0, 0.05) is 24.5 Å². The van der Waals surface area contributed by atoms with Crippen LogP contribution in [0.3, 0.4) is 0 Å². The number of methoxy groups -OCH3 is 2. The normalized spacial score (nSPS) is 10.4. The first-order valence-corrected chi connectivity index (χ1v) is 6.40. The summed E-state index contributed by atoms with van der Waals surface area (Å²) in [4.78, 5) is 10.5. The summed E-state index contributed by atoms with van der Waals surface area (Å²) in [6, 6.07) is 5.27. The van der Waals surface area contributed by atoms with E-state index in [1.807, 2.05) is 0 Å². The summed E-state index contributed by atoms with van der Waals surface area (Å²) in [6.07, 6.45) is 0.962.